The summed E-state index contributed by atoms with van der Waals surface area (Å²) in [5.74, 6) is 0.431. The molecule has 2 aromatic carbocycles. The maximum atomic E-state index is 12.1. The predicted molar refractivity (Wildman–Crippen MR) is 101 cm³/mol. The third kappa shape index (κ3) is 4.08. The van der Waals surface area contributed by atoms with Gasteiger partial charge in [-0.15, -0.1) is 0 Å². The standard InChI is InChI=1S/C20H21N3O3/c1-14(2)16-9-7-15(8-10-16)11-21-22-19(24)12-23-17-5-3-4-6-18(17)26-13-20(23)25/h3-11,14H,12-13H2,1-2H3,(H,22,24)/b21-11-. The van der Waals surface area contributed by atoms with Crippen LogP contribution in [0.25, 0.3) is 0 Å². The second kappa shape index (κ2) is 7.82. The van der Waals surface area contributed by atoms with E-state index in [0.29, 0.717) is 17.4 Å². The number of rotatable bonds is 5. The number of nitrogens with one attached hydrogen (secondary N) is 1. The van der Waals surface area contributed by atoms with Crippen LogP contribution < -0.4 is 15.1 Å². The first-order valence-corrected chi connectivity index (χ1v) is 8.48. The lowest BCUT2D eigenvalue weighted by atomic mass is 10.0. The third-order valence-electron chi connectivity index (χ3n) is 4.12. The predicted octanol–water partition coefficient (Wildman–Crippen LogP) is 2.69. The highest BCUT2D eigenvalue weighted by Crippen LogP contribution is 2.31. The molecular weight excluding hydrogens is 330 g/mol. The molecule has 0 aliphatic carbocycles. The van der Waals surface area contributed by atoms with Crippen LogP contribution in [0.4, 0.5) is 5.69 Å². The Morgan fingerprint density at radius 1 is 1.23 bits per heavy atom. The van der Waals surface area contributed by atoms with Crippen molar-refractivity contribution in [1.82, 2.24) is 5.43 Å². The summed E-state index contributed by atoms with van der Waals surface area (Å²) in [7, 11) is 0. The highest BCUT2D eigenvalue weighted by molar-refractivity contribution is 6.02. The molecule has 1 heterocycles. The average Bonchev–Trinajstić information content (AvgIpc) is 2.64. The normalized spacial score (nSPS) is 13.7. The lowest BCUT2D eigenvalue weighted by Gasteiger charge is -2.28. The van der Waals surface area contributed by atoms with Crippen molar-refractivity contribution in [2.24, 2.45) is 5.10 Å². The van der Waals surface area contributed by atoms with Crippen LogP contribution in [0.5, 0.6) is 5.75 Å². The van der Waals surface area contributed by atoms with Crippen molar-refractivity contribution in [3.05, 3.63) is 59.7 Å². The molecule has 3 rings (SSSR count). The second-order valence-electron chi connectivity index (χ2n) is 6.35. The molecule has 0 aromatic heterocycles. The quantitative estimate of drug-likeness (QED) is 0.665. The highest BCUT2D eigenvalue weighted by Gasteiger charge is 2.26. The maximum Gasteiger partial charge on any atom is 0.265 e. The first-order valence-electron chi connectivity index (χ1n) is 8.48. The second-order valence-corrected chi connectivity index (χ2v) is 6.35. The molecule has 2 amide bonds. The van der Waals surface area contributed by atoms with E-state index in [9.17, 15) is 9.59 Å². The zero-order valence-corrected chi connectivity index (χ0v) is 14.8. The number of benzene rings is 2. The van der Waals surface area contributed by atoms with Crippen LogP contribution in [0.15, 0.2) is 53.6 Å². The lowest BCUT2D eigenvalue weighted by molar-refractivity contribution is -0.125. The minimum Gasteiger partial charge on any atom is -0.482 e. The Kier molecular flexibility index (Phi) is 5.31. The molecule has 1 aliphatic heterocycles. The molecule has 1 N–H and O–H groups in total. The molecule has 0 spiro atoms. The van der Waals surface area contributed by atoms with E-state index in [1.54, 1.807) is 24.4 Å². The Morgan fingerprint density at radius 2 is 1.96 bits per heavy atom. The molecule has 0 radical (unpaired) electrons. The number of carbonyl (C=O) groups is 2. The molecule has 134 valence electrons. The summed E-state index contributed by atoms with van der Waals surface area (Å²) in [5.41, 5.74) is 5.19. The van der Waals surface area contributed by atoms with Crippen LogP contribution in [-0.4, -0.2) is 31.2 Å². The molecule has 0 fully saturated rings. The Balaban J connectivity index is 1.60. The van der Waals surface area contributed by atoms with Crippen molar-refractivity contribution in [1.29, 1.82) is 0 Å². The van der Waals surface area contributed by atoms with Crippen LogP contribution in [0.1, 0.15) is 30.9 Å². The fourth-order valence-electron chi connectivity index (χ4n) is 2.65. The summed E-state index contributed by atoms with van der Waals surface area (Å²) in [4.78, 5) is 25.6. The van der Waals surface area contributed by atoms with Crippen molar-refractivity contribution in [2.75, 3.05) is 18.1 Å². The van der Waals surface area contributed by atoms with Gasteiger partial charge in [0.2, 0.25) is 0 Å². The first kappa shape index (κ1) is 17.7. The molecule has 0 unspecified atom stereocenters. The molecule has 6 heteroatoms. The Bertz CT molecular complexity index is 828. The number of anilines is 1. The molecule has 6 nitrogen and oxygen atoms in total. The smallest absolute Gasteiger partial charge is 0.265 e. The van der Waals surface area contributed by atoms with Gasteiger partial charge in [0.15, 0.2) is 6.61 Å². The number of hydrazone groups is 1. The van der Waals surface area contributed by atoms with E-state index in [-0.39, 0.29) is 25.0 Å². The van der Waals surface area contributed by atoms with E-state index in [4.69, 9.17) is 4.74 Å². The topological polar surface area (TPSA) is 71.0 Å². The Morgan fingerprint density at radius 3 is 2.69 bits per heavy atom. The number of hydrogen-bond acceptors (Lipinski definition) is 4. The zero-order valence-electron chi connectivity index (χ0n) is 14.8. The summed E-state index contributed by atoms with van der Waals surface area (Å²) in [6, 6.07) is 15.1. The number of hydrogen-bond donors (Lipinski definition) is 1. The van der Waals surface area contributed by atoms with Crippen LogP contribution in [0.3, 0.4) is 0 Å². The van der Waals surface area contributed by atoms with Crippen LogP contribution in [0, 0.1) is 0 Å². The molecule has 26 heavy (non-hydrogen) atoms. The average molecular weight is 351 g/mol. The molecule has 0 saturated heterocycles. The minimum atomic E-state index is -0.370. The fraction of sp³-hybridized carbons (Fsp3) is 0.250. The van der Waals surface area contributed by atoms with E-state index in [1.165, 1.54) is 10.5 Å². The third-order valence-corrected chi connectivity index (χ3v) is 4.12. The maximum absolute atomic E-state index is 12.1. The van der Waals surface area contributed by atoms with Gasteiger partial charge in [-0.05, 0) is 29.2 Å². The van der Waals surface area contributed by atoms with Crippen LogP contribution >= 0.6 is 0 Å². The van der Waals surface area contributed by atoms with Crippen molar-refractivity contribution in [3.63, 3.8) is 0 Å². The Labute approximate surface area is 152 Å². The molecular formula is C20H21N3O3. The van der Waals surface area contributed by atoms with E-state index in [0.717, 1.165) is 5.56 Å². The SMILES string of the molecule is CC(C)c1ccc(/C=N\NC(=O)CN2C(=O)COc3ccccc32)cc1. The van der Waals surface area contributed by atoms with Crippen LogP contribution in [-0.2, 0) is 9.59 Å². The number of ether oxygens (including phenoxy) is 1. The molecule has 2 aromatic rings. The summed E-state index contributed by atoms with van der Waals surface area (Å²) < 4.78 is 5.36. The van der Waals surface area contributed by atoms with Gasteiger partial charge in [-0.1, -0.05) is 50.2 Å². The number of nitrogens with zero attached hydrogens (tertiary/aromatic N) is 2. The number of amides is 2. The number of para-hydroxylation sites is 2. The van der Waals surface area contributed by atoms with Crippen LogP contribution in [0.2, 0.25) is 0 Å². The van der Waals surface area contributed by atoms with E-state index in [2.05, 4.69) is 24.4 Å². The van der Waals surface area contributed by atoms with E-state index >= 15 is 0 Å². The van der Waals surface area contributed by atoms with Gasteiger partial charge in [-0.25, -0.2) is 5.43 Å². The van der Waals surface area contributed by atoms with Gasteiger partial charge >= 0.3 is 0 Å². The van der Waals surface area contributed by atoms with Gasteiger partial charge in [0.1, 0.15) is 12.3 Å². The highest BCUT2D eigenvalue weighted by atomic mass is 16.5. The number of carbonyl (C=O) groups excluding carboxylic acids is 2. The fourth-order valence-corrected chi connectivity index (χ4v) is 2.65. The monoisotopic (exact) mass is 351 g/mol. The summed E-state index contributed by atoms with van der Waals surface area (Å²) in [6.45, 7) is 4.08. The minimum absolute atomic E-state index is 0.0736. The molecule has 0 atom stereocenters. The van der Waals surface area contributed by atoms with Gasteiger partial charge < -0.3 is 4.74 Å². The first-order chi connectivity index (χ1) is 12.5. The molecule has 0 saturated carbocycles. The van der Waals surface area contributed by atoms with E-state index in [1.807, 2.05) is 30.3 Å². The van der Waals surface area contributed by atoms with Crippen molar-refractivity contribution >= 4 is 23.7 Å². The number of fused-ring (bicyclic) bond motifs is 1. The molecule has 1 aliphatic rings. The largest absolute Gasteiger partial charge is 0.482 e. The van der Waals surface area contributed by atoms with Gasteiger partial charge in [-0.3, -0.25) is 14.5 Å². The van der Waals surface area contributed by atoms with Crippen molar-refractivity contribution in [2.45, 2.75) is 19.8 Å². The lowest BCUT2D eigenvalue weighted by Crippen LogP contribution is -2.44. The van der Waals surface area contributed by atoms with Gasteiger partial charge in [0.25, 0.3) is 11.8 Å². The molecule has 0 bridgehead atoms. The van der Waals surface area contributed by atoms with E-state index < -0.39 is 0 Å². The van der Waals surface area contributed by atoms with Crippen molar-refractivity contribution in [3.8, 4) is 5.75 Å². The summed E-state index contributed by atoms with van der Waals surface area (Å²) in [5, 5.41) is 3.97. The summed E-state index contributed by atoms with van der Waals surface area (Å²) >= 11 is 0. The zero-order chi connectivity index (χ0) is 18.5. The van der Waals surface area contributed by atoms with Gasteiger partial charge in [-0.2, -0.15) is 5.10 Å². The Hall–Kier alpha value is -3.15. The van der Waals surface area contributed by atoms with Crippen molar-refractivity contribution < 1.29 is 14.3 Å². The summed E-state index contributed by atoms with van der Waals surface area (Å²) in [6.07, 6.45) is 1.58. The van der Waals surface area contributed by atoms with Gasteiger partial charge in [0.05, 0.1) is 11.9 Å². The van der Waals surface area contributed by atoms with Gasteiger partial charge in [0, 0.05) is 0 Å².